The summed E-state index contributed by atoms with van der Waals surface area (Å²) in [5.74, 6) is 0.314. The van der Waals surface area contributed by atoms with Crippen LogP contribution in [0, 0.1) is 0 Å². The van der Waals surface area contributed by atoms with Crippen molar-refractivity contribution in [1.82, 2.24) is 10.0 Å². The van der Waals surface area contributed by atoms with E-state index < -0.39 is 20.8 Å². The summed E-state index contributed by atoms with van der Waals surface area (Å²) >= 11 is 0. The van der Waals surface area contributed by atoms with Crippen molar-refractivity contribution in [3.8, 4) is 0 Å². The van der Waals surface area contributed by atoms with Crippen molar-refractivity contribution >= 4 is 20.8 Å². The maximum Gasteiger partial charge on any atom is 0.240 e. The number of benzene rings is 1. The van der Waals surface area contributed by atoms with Crippen LogP contribution in [0.5, 0.6) is 0 Å². The van der Waals surface area contributed by atoms with E-state index in [9.17, 15) is 12.6 Å². The van der Waals surface area contributed by atoms with Gasteiger partial charge in [0.15, 0.2) is 0 Å². The van der Waals surface area contributed by atoms with Crippen molar-refractivity contribution < 1.29 is 12.6 Å². The molecule has 20 heavy (non-hydrogen) atoms. The molecule has 0 saturated heterocycles. The molecule has 7 heteroatoms. The number of hydrogen-bond acceptors (Lipinski definition) is 4. The van der Waals surface area contributed by atoms with E-state index in [-0.39, 0.29) is 17.5 Å². The first-order chi connectivity index (χ1) is 9.36. The maximum absolute atomic E-state index is 12.0. The fourth-order valence-corrected chi connectivity index (χ4v) is 3.31. The minimum Gasteiger partial charge on any atom is -0.310 e. The van der Waals surface area contributed by atoms with E-state index in [4.69, 9.17) is 0 Å². The molecule has 0 saturated carbocycles. The predicted molar refractivity (Wildman–Crippen MR) is 82.7 cm³/mol. The lowest BCUT2D eigenvalue weighted by molar-refractivity contribution is 0.582. The molecule has 0 aliphatic carbocycles. The summed E-state index contributed by atoms with van der Waals surface area (Å²) in [6.45, 7) is 5.09. The van der Waals surface area contributed by atoms with E-state index >= 15 is 0 Å². The van der Waals surface area contributed by atoms with Crippen LogP contribution in [-0.2, 0) is 20.8 Å². The number of sulfonamides is 1. The Bertz CT molecular complexity index is 541. The van der Waals surface area contributed by atoms with Gasteiger partial charge >= 0.3 is 0 Å². The molecule has 2 unspecified atom stereocenters. The minimum atomic E-state index is -3.52. The summed E-state index contributed by atoms with van der Waals surface area (Å²) in [4.78, 5) is 0.229. The van der Waals surface area contributed by atoms with Crippen LogP contribution in [0.2, 0.25) is 0 Å². The summed E-state index contributed by atoms with van der Waals surface area (Å²) in [5.41, 5.74) is 1.04. The van der Waals surface area contributed by atoms with Gasteiger partial charge in [0.25, 0.3) is 0 Å². The molecule has 2 N–H and O–H groups in total. The molecule has 0 radical (unpaired) electrons. The summed E-state index contributed by atoms with van der Waals surface area (Å²) in [5, 5.41) is 3.27. The first kappa shape index (κ1) is 17.3. The Labute approximate surface area is 123 Å². The highest BCUT2D eigenvalue weighted by Gasteiger charge is 2.14. The molecule has 0 aromatic heterocycles. The SMILES string of the molecule is CCNC(C)c1ccc(S(=O)(=O)NCCS(C)=O)cc1. The average molecular weight is 318 g/mol. The van der Waals surface area contributed by atoms with E-state index in [1.807, 2.05) is 13.8 Å². The van der Waals surface area contributed by atoms with Crippen molar-refractivity contribution in [3.05, 3.63) is 29.8 Å². The van der Waals surface area contributed by atoms with Gasteiger partial charge in [-0.25, -0.2) is 13.1 Å². The third-order valence-corrected chi connectivity index (χ3v) is 5.14. The topological polar surface area (TPSA) is 75.3 Å². The lowest BCUT2D eigenvalue weighted by atomic mass is 10.1. The quantitative estimate of drug-likeness (QED) is 0.750. The van der Waals surface area contributed by atoms with Crippen LogP contribution in [0.15, 0.2) is 29.2 Å². The molecular weight excluding hydrogens is 296 g/mol. The molecule has 0 heterocycles. The second-order valence-electron chi connectivity index (χ2n) is 4.52. The van der Waals surface area contributed by atoms with Crippen LogP contribution in [0.1, 0.15) is 25.5 Å². The number of nitrogens with one attached hydrogen (secondary N) is 2. The molecule has 0 spiro atoms. The summed E-state index contributed by atoms with van der Waals surface area (Å²) in [6, 6.07) is 6.98. The number of hydrogen-bond donors (Lipinski definition) is 2. The zero-order chi connectivity index (χ0) is 15.2. The van der Waals surface area contributed by atoms with Crippen molar-refractivity contribution in [2.75, 3.05) is 25.1 Å². The Kier molecular flexibility index (Phi) is 6.81. The highest BCUT2D eigenvalue weighted by molar-refractivity contribution is 7.89. The molecule has 5 nitrogen and oxygen atoms in total. The molecule has 1 aromatic rings. The Morgan fingerprint density at radius 3 is 2.35 bits per heavy atom. The van der Waals surface area contributed by atoms with E-state index in [1.165, 1.54) is 0 Å². The first-order valence-corrected chi connectivity index (χ1v) is 9.71. The third kappa shape index (κ3) is 5.32. The molecule has 114 valence electrons. The van der Waals surface area contributed by atoms with Gasteiger partial charge in [-0.15, -0.1) is 0 Å². The highest BCUT2D eigenvalue weighted by Crippen LogP contribution is 2.15. The lowest BCUT2D eigenvalue weighted by Gasteiger charge is -2.13. The van der Waals surface area contributed by atoms with Gasteiger partial charge in [0, 0.05) is 35.4 Å². The normalized spacial score (nSPS) is 14.9. The zero-order valence-corrected chi connectivity index (χ0v) is 13.7. The van der Waals surface area contributed by atoms with Gasteiger partial charge in [0.05, 0.1) is 4.90 Å². The standard InChI is InChI=1S/C13H22N2O3S2/c1-4-14-11(2)12-5-7-13(8-6-12)20(17,18)15-9-10-19(3)16/h5-8,11,14-15H,4,9-10H2,1-3H3. The van der Waals surface area contributed by atoms with Crippen LogP contribution in [-0.4, -0.2) is 37.7 Å². The summed E-state index contributed by atoms with van der Waals surface area (Å²) < 4.78 is 37.4. The predicted octanol–water partition coefficient (Wildman–Crippen LogP) is 1.01. The molecule has 0 fully saturated rings. The molecule has 0 aliphatic rings. The smallest absolute Gasteiger partial charge is 0.240 e. The van der Waals surface area contributed by atoms with Gasteiger partial charge in [-0.2, -0.15) is 0 Å². The highest BCUT2D eigenvalue weighted by atomic mass is 32.2. The molecule has 1 aromatic carbocycles. The molecular formula is C13H22N2O3S2. The van der Waals surface area contributed by atoms with E-state index in [0.29, 0.717) is 5.75 Å². The molecule has 0 aliphatic heterocycles. The lowest BCUT2D eigenvalue weighted by Crippen LogP contribution is -2.27. The first-order valence-electron chi connectivity index (χ1n) is 6.50. The van der Waals surface area contributed by atoms with Gasteiger partial charge in [0.2, 0.25) is 10.0 Å². The van der Waals surface area contributed by atoms with E-state index in [0.717, 1.165) is 12.1 Å². The largest absolute Gasteiger partial charge is 0.310 e. The zero-order valence-electron chi connectivity index (χ0n) is 12.0. The number of rotatable bonds is 8. The average Bonchev–Trinajstić information content (AvgIpc) is 2.38. The van der Waals surface area contributed by atoms with Gasteiger partial charge in [-0.1, -0.05) is 19.1 Å². The van der Waals surface area contributed by atoms with Crippen molar-refractivity contribution in [2.45, 2.75) is 24.8 Å². The van der Waals surface area contributed by atoms with Crippen LogP contribution < -0.4 is 10.0 Å². The summed E-state index contributed by atoms with van der Waals surface area (Å²) in [6.07, 6.45) is 1.55. The van der Waals surface area contributed by atoms with Crippen molar-refractivity contribution in [3.63, 3.8) is 0 Å². The molecule has 0 amide bonds. The van der Waals surface area contributed by atoms with Gasteiger partial charge < -0.3 is 5.32 Å². The van der Waals surface area contributed by atoms with Gasteiger partial charge in [0.1, 0.15) is 0 Å². The monoisotopic (exact) mass is 318 g/mol. The Hall–Kier alpha value is -0.760. The second kappa shape index (κ2) is 7.87. The van der Waals surface area contributed by atoms with Crippen LogP contribution in [0.4, 0.5) is 0 Å². The van der Waals surface area contributed by atoms with E-state index in [2.05, 4.69) is 10.0 Å². The molecule has 1 rings (SSSR count). The fourth-order valence-electron chi connectivity index (χ4n) is 1.76. The van der Waals surface area contributed by atoms with E-state index in [1.54, 1.807) is 30.5 Å². The molecule has 2 atom stereocenters. The van der Waals surface area contributed by atoms with Crippen LogP contribution in [0.25, 0.3) is 0 Å². The minimum absolute atomic E-state index is 0.182. The Morgan fingerprint density at radius 1 is 1.25 bits per heavy atom. The summed E-state index contributed by atoms with van der Waals surface area (Å²) in [7, 11) is -4.52. The van der Waals surface area contributed by atoms with Crippen molar-refractivity contribution in [2.24, 2.45) is 0 Å². The van der Waals surface area contributed by atoms with Gasteiger partial charge in [-0.3, -0.25) is 4.21 Å². The molecule has 0 bridgehead atoms. The van der Waals surface area contributed by atoms with Crippen LogP contribution >= 0.6 is 0 Å². The Morgan fingerprint density at radius 2 is 1.85 bits per heavy atom. The fraction of sp³-hybridized carbons (Fsp3) is 0.538. The second-order valence-corrected chi connectivity index (χ2v) is 7.85. The van der Waals surface area contributed by atoms with Gasteiger partial charge in [-0.05, 0) is 31.2 Å². The van der Waals surface area contributed by atoms with Crippen molar-refractivity contribution in [1.29, 1.82) is 0 Å². The van der Waals surface area contributed by atoms with Crippen LogP contribution in [0.3, 0.4) is 0 Å². The third-order valence-electron chi connectivity index (χ3n) is 2.88. The maximum atomic E-state index is 12.0. The Balaban J connectivity index is 2.74.